The van der Waals surface area contributed by atoms with Crippen LogP contribution in [-0.4, -0.2) is 59.8 Å². The minimum atomic E-state index is -0.484. The third-order valence-electron chi connectivity index (χ3n) is 6.64. The van der Waals surface area contributed by atoms with E-state index in [1.54, 1.807) is 7.11 Å². The van der Waals surface area contributed by atoms with Crippen molar-refractivity contribution in [2.75, 3.05) is 38.2 Å². The van der Waals surface area contributed by atoms with Crippen LogP contribution in [0, 0.1) is 6.92 Å². The van der Waals surface area contributed by atoms with Gasteiger partial charge in [0.2, 0.25) is 5.91 Å². The number of rotatable bonds is 5. The number of aromatic nitrogens is 2. The van der Waals surface area contributed by atoms with Gasteiger partial charge in [-0.25, -0.2) is 0 Å². The van der Waals surface area contributed by atoms with E-state index in [0.29, 0.717) is 12.8 Å². The van der Waals surface area contributed by atoms with Crippen molar-refractivity contribution in [2.24, 2.45) is 0 Å². The molecule has 0 bridgehead atoms. The zero-order chi connectivity index (χ0) is 22.9. The Bertz CT molecular complexity index is 1180. The number of likely N-dealkylation sites (tertiary alicyclic amines) is 1. The topological polar surface area (TPSA) is 79.7 Å². The van der Waals surface area contributed by atoms with Gasteiger partial charge in [0.1, 0.15) is 11.8 Å². The molecule has 2 fully saturated rings. The number of methoxy groups -OCH3 is 1. The van der Waals surface area contributed by atoms with Gasteiger partial charge in [-0.05, 0) is 49.2 Å². The summed E-state index contributed by atoms with van der Waals surface area (Å²) in [5.41, 5.74) is 3.90. The summed E-state index contributed by atoms with van der Waals surface area (Å²) in [6.45, 7) is 6.14. The Labute approximate surface area is 193 Å². The van der Waals surface area contributed by atoms with Crippen molar-refractivity contribution in [3.63, 3.8) is 0 Å². The first kappa shape index (κ1) is 21.5. The average molecular weight is 448 g/mol. The second-order valence-electron chi connectivity index (χ2n) is 8.69. The summed E-state index contributed by atoms with van der Waals surface area (Å²) in [4.78, 5) is 29.8. The number of fused-ring (bicyclic) bond motifs is 1. The Kier molecular flexibility index (Phi) is 5.76. The molecule has 8 nitrogen and oxygen atoms in total. The number of aryl methyl sites for hydroxylation is 1. The Morgan fingerprint density at radius 1 is 1.09 bits per heavy atom. The van der Waals surface area contributed by atoms with Crippen LogP contribution in [0.2, 0.25) is 0 Å². The van der Waals surface area contributed by atoms with Crippen molar-refractivity contribution in [3.05, 3.63) is 53.7 Å². The van der Waals surface area contributed by atoms with Crippen LogP contribution < -0.4 is 15.0 Å². The molecule has 8 heteroatoms. The molecule has 2 saturated heterocycles. The largest absolute Gasteiger partial charge is 0.497 e. The van der Waals surface area contributed by atoms with Gasteiger partial charge in [0.05, 0.1) is 24.9 Å². The Morgan fingerprint density at radius 3 is 2.58 bits per heavy atom. The van der Waals surface area contributed by atoms with Crippen LogP contribution >= 0.6 is 0 Å². The lowest BCUT2D eigenvalue weighted by molar-refractivity contribution is -0.152. The molecule has 2 amide bonds. The van der Waals surface area contributed by atoms with Crippen molar-refractivity contribution < 1.29 is 14.3 Å². The number of piperidine rings is 1. The third kappa shape index (κ3) is 4.06. The molecule has 33 heavy (non-hydrogen) atoms. The van der Waals surface area contributed by atoms with Gasteiger partial charge in [-0.15, -0.1) is 0 Å². The van der Waals surface area contributed by atoms with E-state index in [-0.39, 0.29) is 18.4 Å². The first-order valence-electron chi connectivity index (χ1n) is 11.5. The van der Waals surface area contributed by atoms with Crippen molar-refractivity contribution in [2.45, 2.75) is 32.4 Å². The number of benzene rings is 2. The lowest BCUT2D eigenvalue weighted by Gasteiger charge is -2.31. The van der Waals surface area contributed by atoms with Gasteiger partial charge in [-0.2, -0.15) is 5.10 Å². The van der Waals surface area contributed by atoms with Crippen molar-refractivity contribution >= 4 is 28.4 Å². The van der Waals surface area contributed by atoms with E-state index < -0.39 is 6.04 Å². The molecule has 2 aromatic carbocycles. The molecular weight excluding hydrogens is 418 g/mol. The summed E-state index contributed by atoms with van der Waals surface area (Å²) >= 11 is 0. The standard InChI is InChI=1S/C25H29N5O3/c1-17-21-15-19(28-13-11-26-12-14-28)5-8-22(21)30(27-17)23-9-10-24(31)29(25(23)32)16-18-3-6-20(33-2)7-4-18/h3-8,15,23,26H,9-14,16H2,1-2H3. The highest BCUT2D eigenvalue weighted by Gasteiger charge is 2.36. The highest BCUT2D eigenvalue weighted by atomic mass is 16.5. The van der Waals surface area contributed by atoms with Crippen LogP contribution in [-0.2, 0) is 16.1 Å². The molecule has 3 aromatic rings. The minimum absolute atomic E-state index is 0.138. The minimum Gasteiger partial charge on any atom is -0.497 e. The number of hydrogen-bond donors (Lipinski definition) is 1. The second kappa shape index (κ2) is 8.86. The van der Waals surface area contributed by atoms with Crippen LogP contribution in [0.15, 0.2) is 42.5 Å². The molecule has 0 spiro atoms. The number of amides is 2. The Morgan fingerprint density at radius 2 is 1.85 bits per heavy atom. The van der Waals surface area contributed by atoms with Gasteiger partial charge in [0, 0.05) is 43.7 Å². The molecule has 1 N–H and O–H groups in total. The Balaban J connectivity index is 1.42. The van der Waals surface area contributed by atoms with Crippen molar-refractivity contribution in [1.82, 2.24) is 20.0 Å². The predicted octanol–water partition coefficient (Wildman–Crippen LogP) is 2.65. The molecule has 5 rings (SSSR count). The fraction of sp³-hybridized carbons (Fsp3) is 0.400. The smallest absolute Gasteiger partial charge is 0.254 e. The summed E-state index contributed by atoms with van der Waals surface area (Å²) in [5, 5.41) is 9.18. The number of carbonyl (C=O) groups is 2. The molecule has 2 aliphatic rings. The molecule has 172 valence electrons. The maximum Gasteiger partial charge on any atom is 0.254 e. The van der Waals surface area contributed by atoms with E-state index in [4.69, 9.17) is 9.84 Å². The first-order chi connectivity index (χ1) is 16.0. The maximum absolute atomic E-state index is 13.4. The first-order valence-corrected chi connectivity index (χ1v) is 11.5. The second-order valence-corrected chi connectivity index (χ2v) is 8.69. The monoisotopic (exact) mass is 447 g/mol. The molecule has 3 heterocycles. The zero-order valence-electron chi connectivity index (χ0n) is 19.1. The van der Waals surface area contributed by atoms with E-state index in [1.807, 2.05) is 35.9 Å². The number of piperazine rings is 1. The van der Waals surface area contributed by atoms with Crippen molar-refractivity contribution in [3.8, 4) is 5.75 Å². The van der Waals surface area contributed by atoms with Gasteiger partial charge in [0.15, 0.2) is 0 Å². The fourth-order valence-electron chi connectivity index (χ4n) is 4.77. The van der Waals surface area contributed by atoms with Gasteiger partial charge in [-0.3, -0.25) is 19.2 Å². The molecule has 0 radical (unpaired) electrons. The molecule has 1 unspecified atom stereocenters. The van der Waals surface area contributed by atoms with E-state index in [2.05, 4.69) is 28.4 Å². The van der Waals surface area contributed by atoms with Crippen LogP contribution in [0.5, 0.6) is 5.75 Å². The number of hydrogen-bond acceptors (Lipinski definition) is 6. The summed E-state index contributed by atoms with van der Waals surface area (Å²) in [6, 6.07) is 13.3. The van der Waals surface area contributed by atoms with E-state index in [1.165, 1.54) is 10.6 Å². The predicted molar refractivity (Wildman–Crippen MR) is 126 cm³/mol. The molecule has 1 atom stereocenters. The van der Waals surface area contributed by atoms with Gasteiger partial charge in [-0.1, -0.05) is 12.1 Å². The van der Waals surface area contributed by atoms with Crippen LogP contribution in [0.1, 0.15) is 30.1 Å². The van der Waals surface area contributed by atoms with E-state index in [0.717, 1.165) is 54.1 Å². The average Bonchev–Trinajstić information content (AvgIpc) is 3.18. The SMILES string of the molecule is COc1ccc(CN2C(=O)CCC(n3nc(C)c4cc(N5CCNCC5)ccc43)C2=O)cc1. The summed E-state index contributed by atoms with van der Waals surface area (Å²) in [6.07, 6.45) is 0.790. The van der Waals surface area contributed by atoms with E-state index >= 15 is 0 Å². The van der Waals surface area contributed by atoms with Crippen LogP contribution in [0.25, 0.3) is 10.9 Å². The van der Waals surface area contributed by atoms with Crippen LogP contribution in [0.4, 0.5) is 5.69 Å². The fourth-order valence-corrected chi connectivity index (χ4v) is 4.77. The Hall–Kier alpha value is -3.39. The van der Waals surface area contributed by atoms with E-state index in [9.17, 15) is 9.59 Å². The van der Waals surface area contributed by atoms with Gasteiger partial charge < -0.3 is 15.0 Å². The third-order valence-corrected chi connectivity index (χ3v) is 6.64. The number of imide groups is 1. The summed E-state index contributed by atoms with van der Waals surface area (Å²) in [7, 11) is 1.61. The zero-order valence-corrected chi connectivity index (χ0v) is 19.1. The van der Waals surface area contributed by atoms with Crippen molar-refractivity contribution in [1.29, 1.82) is 0 Å². The molecule has 0 saturated carbocycles. The van der Waals surface area contributed by atoms with Gasteiger partial charge >= 0.3 is 0 Å². The molecular formula is C25H29N5O3. The number of nitrogens with zero attached hydrogens (tertiary/aromatic N) is 4. The summed E-state index contributed by atoms with van der Waals surface area (Å²) < 4.78 is 7.02. The number of nitrogens with one attached hydrogen (secondary N) is 1. The van der Waals surface area contributed by atoms with Crippen LogP contribution in [0.3, 0.4) is 0 Å². The summed E-state index contributed by atoms with van der Waals surface area (Å²) in [5.74, 6) is 0.408. The maximum atomic E-state index is 13.4. The lowest BCUT2D eigenvalue weighted by Crippen LogP contribution is -2.45. The number of carbonyl (C=O) groups excluding carboxylic acids is 2. The number of ether oxygens (including phenoxy) is 1. The van der Waals surface area contributed by atoms with Gasteiger partial charge in [0.25, 0.3) is 5.91 Å². The number of anilines is 1. The lowest BCUT2D eigenvalue weighted by atomic mass is 10.0. The normalized spacial score (nSPS) is 19.4. The highest BCUT2D eigenvalue weighted by Crippen LogP contribution is 2.32. The molecule has 2 aliphatic heterocycles. The quantitative estimate of drug-likeness (QED) is 0.606. The molecule has 0 aliphatic carbocycles. The molecule has 1 aromatic heterocycles. The highest BCUT2D eigenvalue weighted by molar-refractivity contribution is 6.00.